The van der Waals surface area contributed by atoms with Gasteiger partial charge in [0.05, 0.1) is 12.3 Å². The van der Waals surface area contributed by atoms with E-state index in [1.807, 2.05) is 30.3 Å². The van der Waals surface area contributed by atoms with Crippen LogP contribution in [0.4, 0.5) is 5.69 Å². The van der Waals surface area contributed by atoms with E-state index in [1.54, 1.807) is 42.1 Å². The highest BCUT2D eigenvalue weighted by Crippen LogP contribution is 2.24. The Labute approximate surface area is 179 Å². The van der Waals surface area contributed by atoms with Crippen LogP contribution in [0.3, 0.4) is 0 Å². The first-order chi connectivity index (χ1) is 15.0. The number of benzene rings is 2. The van der Waals surface area contributed by atoms with Crippen LogP contribution in [-0.2, 0) is 16.0 Å². The van der Waals surface area contributed by atoms with Gasteiger partial charge in [0.2, 0.25) is 5.91 Å². The van der Waals surface area contributed by atoms with Crippen LogP contribution >= 0.6 is 0 Å². The number of anilines is 1. The van der Waals surface area contributed by atoms with Gasteiger partial charge in [-0.2, -0.15) is 5.10 Å². The number of allylic oxidation sites excluding steroid dienone is 1. The maximum absolute atomic E-state index is 12.7. The highest BCUT2D eigenvalue weighted by molar-refractivity contribution is 6.08. The Kier molecular flexibility index (Phi) is 5.75. The summed E-state index contributed by atoms with van der Waals surface area (Å²) in [6.07, 6.45) is 5.68. The number of aryl methyl sites for hydroxylation is 1. The van der Waals surface area contributed by atoms with Gasteiger partial charge in [0.15, 0.2) is 11.5 Å². The van der Waals surface area contributed by atoms with E-state index < -0.39 is 5.97 Å². The fourth-order valence-corrected chi connectivity index (χ4v) is 3.38. The minimum atomic E-state index is -0.547. The number of ketones is 1. The first kappa shape index (κ1) is 20.3. The summed E-state index contributed by atoms with van der Waals surface area (Å²) in [5.41, 5.74) is 3.60. The quantitative estimate of drug-likeness (QED) is 0.375. The molecule has 4 rings (SSSR count). The molecule has 7 nitrogen and oxygen atoms in total. The number of ether oxygens (including phenoxy) is 1. The molecule has 0 bridgehead atoms. The number of nitrogens with zero attached hydrogens (tertiary/aromatic N) is 2. The molecule has 156 valence electrons. The second-order valence-corrected chi connectivity index (χ2v) is 7.05. The summed E-state index contributed by atoms with van der Waals surface area (Å²) in [6, 6.07) is 14.6. The molecule has 0 fully saturated rings. The van der Waals surface area contributed by atoms with Crippen LogP contribution in [0.2, 0.25) is 0 Å². The molecule has 31 heavy (non-hydrogen) atoms. The molecule has 1 aliphatic rings. The van der Waals surface area contributed by atoms with Crippen molar-refractivity contribution in [3.63, 3.8) is 0 Å². The smallest absolute Gasteiger partial charge is 0.359 e. The van der Waals surface area contributed by atoms with E-state index in [2.05, 4.69) is 10.4 Å². The van der Waals surface area contributed by atoms with Crippen molar-refractivity contribution in [3.05, 3.63) is 83.2 Å². The molecule has 2 aromatic carbocycles. The number of nitrogens with one attached hydrogen (secondary N) is 1. The largest absolute Gasteiger partial charge is 0.461 e. The van der Waals surface area contributed by atoms with Crippen molar-refractivity contribution in [3.8, 4) is 5.69 Å². The molecule has 3 aromatic rings. The summed E-state index contributed by atoms with van der Waals surface area (Å²) in [5, 5.41) is 7.16. The molecule has 1 aliphatic heterocycles. The zero-order valence-corrected chi connectivity index (χ0v) is 17.0. The lowest BCUT2D eigenvalue weighted by Gasteiger charge is -2.16. The van der Waals surface area contributed by atoms with Gasteiger partial charge in [-0.3, -0.25) is 9.59 Å². The molecule has 2 heterocycles. The Balaban J connectivity index is 1.61. The zero-order chi connectivity index (χ0) is 21.8. The van der Waals surface area contributed by atoms with Gasteiger partial charge >= 0.3 is 5.97 Å². The highest BCUT2D eigenvalue weighted by Gasteiger charge is 2.18. The van der Waals surface area contributed by atoms with Crippen LogP contribution in [0.15, 0.2) is 60.8 Å². The van der Waals surface area contributed by atoms with Crippen molar-refractivity contribution < 1.29 is 19.1 Å². The maximum Gasteiger partial charge on any atom is 0.359 e. The SMILES string of the molecule is CCOC(=O)c1nn(-c2ccccc2)cc1/C=C/C(=O)c1ccc2c(c1)CCC(=O)N2. The van der Waals surface area contributed by atoms with E-state index in [4.69, 9.17) is 4.74 Å². The van der Waals surface area contributed by atoms with E-state index in [1.165, 1.54) is 6.08 Å². The molecule has 0 unspecified atom stereocenters. The predicted molar refractivity (Wildman–Crippen MR) is 116 cm³/mol. The monoisotopic (exact) mass is 415 g/mol. The lowest BCUT2D eigenvalue weighted by atomic mass is 9.98. The molecule has 0 spiro atoms. The number of para-hydroxylation sites is 1. The third-order valence-corrected chi connectivity index (χ3v) is 4.93. The molecule has 0 saturated carbocycles. The Bertz CT molecular complexity index is 1180. The third kappa shape index (κ3) is 4.45. The van der Waals surface area contributed by atoms with Crippen LogP contribution < -0.4 is 5.32 Å². The van der Waals surface area contributed by atoms with E-state index in [-0.39, 0.29) is 24.0 Å². The standard InChI is InChI=1S/C24H21N3O4/c1-2-31-24(30)23-18(15-27(26-23)19-6-4-3-5-7-19)9-12-21(28)17-8-11-20-16(14-17)10-13-22(29)25-20/h3-9,11-12,14-15H,2,10,13H2,1H3,(H,25,29)/b12-9+. The van der Waals surface area contributed by atoms with E-state index in [0.29, 0.717) is 24.0 Å². The van der Waals surface area contributed by atoms with Crippen molar-refractivity contribution in [1.29, 1.82) is 0 Å². The van der Waals surface area contributed by atoms with E-state index in [0.717, 1.165) is 16.9 Å². The molecule has 0 radical (unpaired) electrons. The topological polar surface area (TPSA) is 90.3 Å². The summed E-state index contributed by atoms with van der Waals surface area (Å²) in [7, 11) is 0. The highest BCUT2D eigenvalue weighted by atomic mass is 16.5. The lowest BCUT2D eigenvalue weighted by Crippen LogP contribution is -2.19. The Hall–Kier alpha value is -4.00. The summed E-state index contributed by atoms with van der Waals surface area (Å²) >= 11 is 0. The summed E-state index contributed by atoms with van der Waals surface area (Å²) < 4.78 is 6.69. The number of amides is 1. The van der Waals surface area contributed by atoms with Crippen molar-refractivity contribution in [2.24, 2.45) is 0 Å². The Morgan fingerprint density at radius 2 is 1.97 bits per heavy atom. The van der Waals surface area contributed by atoms with Crippen LogP contribution in [0.5, 0.6) is 0 Å². The van der Waals surface area contributed by atoms with Crippen molar-refractivity contribution in [2.75, 3.05) is 11.9 Å². The van der Waals surface area contributed by atoms with Gasteiger partial charge in [-0.15, -0.1) is 0 Å². The molecule has 7 heteroatoms. The molecule has 1 N–H and O–H groups in total. The van der Waals surface area contributed by atoms with Crippen LogP contribution in [0, 0.1) is 0 Å². The van der Waals surface area contributed by atoms with Gasteiger partial charge in [-0.25, -0.2) is 9.48 Å². The minimum Gasteiger partial charge on any atom is -0.461 e. The summed E-state index contributed by atoms with van der Waals surface area (Å²) in [4.78, 5) is 36.6. The average molecular weight is 415 g/mol. The van der Waals surface area contributed by atoms with Crippen molar-refractivity contribution >= 4 is 29.4 Å². The van der Waals surface area contributed by atoms with Crippen LogP contribution in [0.1, 0.15) is 45.3 Å². The number of carbonyl (C=O) groups is 3. The molecule has 1 amide bonds. The number of rotatable bonds is 6. The van der Waals surface area contributed by atoms with Gasteiger partial charge in [-0.1, -0.05) is 18.2 Å². The number of carbonyl (C=O) groups excluding carboxylic acids is 3. The van der Waals surface area contributed by atoms with Crippen LogP contribution in [0.25, 0.3) is 11.8 Å². The number of hydrogen-bond donors (Lipinski definition) is 1. The van der Waals surface area contributed by atoms with E-state index >= 15 is 0 Å². The van der Waals surface area contributed by atoms with Gasteiger partial charge in [0.25, 0.3) is 0 Å². The van der Waals surface area contributed by atoms with Gasteiger partial charge in [0.1, 0.15) is 0 Å². The average Bonchev–Trinajstić information content (AvgIpc) is 3.22. The molecule has 0 saturated heterocycles. The first-order valence-electron chi connectivity index (χ1n) is 10.0. The number of aromatic nitrogens is 2. The summed E-state index contributed by atoms with van der Waals surface area (Å²) in [5.74, 6) is -0.774. The fraction of sp³-hybridized carbons (Fsp3) is 0.167. The second kappa shape index (κ2) is 8.79. The van der Waals surface area contributed by atoms with Crippen molar-refractivity contribution in [2.45, 2.75) is 19.8 Å². The second-order valence-electron chi connectivity index (χ2n) is 7.05. The zero-order valence-electron chi connectivity index (χ0n) is 17.0. The summed E-state index contributed by atoms with van der Waals surface area (Å²) in [6.45, 7) is 1.95. The van der Waals surface area contributed by atoms with Gasteiger partial charge in [0, 0.05) is 29.4 Å². The van der Waals surface area contributed by atoms with Crippen molar-refractivity contribution in [1.82, 2.24) is 9.78 Å². The lowest BCUT2D eigenvalue weighted by molar-refractivity contribution is -0.116. The number of hydrogen-bond acceptors (Lipinski definition) is 5. The Morgan fingerprint density at radius 1 is 1.16 bits per heavy atom. The van der Waals surface area contributed by atoms with E-state index in [9.17, 15) is 14.4 Å². The number of esters is 1. The Morgan fingerprint density at radius 3 is 2.74 bits per heavy atom. The fourth-order valence-electron chi connectivity index (χ4n) is 3.38. The molecular weight excluding hydrogens is 394 g/mol. The molecular formula is C24H21N3O4. The minimum absolute atomic E-state index is 0.0200. The van der Waals surface area contributed by atoms with Gasteiger partial charge in [-0.05, 0) is 61.4 Å². The first-order valence-corrected chi connectivity index (χ1v) is 10.0. The number of fused-ring (bicyclic) bond motifs is 1. The van der Waals surface area contributed by atoms with Crippen LogP contribution in [-0.4, -0.2) is 34.0 Å². The predicted octanol–water partition coefficient (Wildman–Crippen LogP) is 3.83. The molecule has 0 atom stereocenters. The third-order valence-electron chi connectivity index (χ3n) is 4.93. The molecule has 1 aromatic heterocycles. The normalized spacial score (nSPS) is 13.0. The maximum atomic E-state index is 12.7. The van der Waals surface area contributed by atoms with Gasteiger partial charge < -0.3 is 10.1 Å². The molecule has 0 aliphatic carbocycles.